The van der Waals surface area contributed by atoms with Crippen molar-refractivity contribution in [2.75, 3.05) is 10.6 Å². The lowest BCUT2D eigenvalue weighted by Crippen LogP contribution is -2.18. The van der Waals surface area contributed by atoms with Crippen LogP contribution in [0.5, 0.6) is 11.5 Å². The van der Waals surface area contributed by atoms with Gasteiger partial charge in [-0.25, -0.2) is 4.98 Å². The number of aromatic nitrogens is 2. The van der Waals surface area contributed by atoms with E-state index < -0.39 is 18.5 Å². The fraction of sp³-hybridized carbons (Fsp3) is 0.158. The summed E-state index contributed by atoms with van der Waals surface area (Å²) in [6.45, 7) is 1.57. The molecule has 0 bridgehead atoms. The van der Waals surface area contributed by atoms with Gasteiger partial charge in [-0.3, -0.25) is 0 Å². The molecule has 3 aromatic rings. The van der Waals surface area contributed by atoms with Crippen LogP contribution in [0.15, 0.2) is 54.7 Å². The fourth-order valence-corrected chi connectivity index (χ4v) is 2.50. The average Bonchev–Trinajstić information content (AvgIpc) is 2.64. The molecule has 0 saturated carbocycles. The molecule has 0 aliphatic carbocycles. The molecule has 0 aliphatic heterocycles. The van der Waals surface area contributed by atoms with Crippen molar-refractivity contribution in [2.24, 2.45) is 0 Å². The van der Waals surface area contributed by atoms with Crippen molar-refractivity contribution in [2.45, 2.75) is 19.6 Å². The maximum absolute atomic E-state index is 12.6. The van der Waals surface area contributed by atoms with E-state index in [1.807, 2.05) is 0 Å². The van der Waals surface area contributed by atoms with Gasteiger partial charge in [-0.1, -0.05) is 12.1 Å². The summed E-state index contributed by atoms with van der Waals surface area (Å²) in [5, 5.41) is 5.54. The van der Waals surface area contributed by atoms with Crippen molar-refractivity contribution in [3.05, 3.63) is 60.3 Å². The Balaban J connectivity index is 1.76. The number of para-hydroxylation sites is 2. The van der Waals surface area contributed by atoms with E-state index in [4.69, 9.17) is 0 Å². The smallest absolute Gasteiger partial charge is 0.406 e. The molecular formula is C19H14F6N4O2. The van der Waals surface area contributed by atoms with Crippen LogP contribution in [-0.2, 0) is 0 Å². The van der Waals surface area contributed by atoms with E-state index in [0.29, 0.717) is 11.3 Å². The van der Waals surface area contributed by atoms with Gasteiger partial charge in [0.25, 0.3) is 0 Å². The first kappa shape index (κ1) is 22.0. The highest BCUT2D eigenvalue weighted by Crippen LogP contribution is 2.32. The second-order valence-electron chi connectivity index (χ2n) is 6.08. The van der Waals surface area contributed by atoms with Crippen LogP contribution in [-0.4, -0.2) is 22.7 Å². The monoisotopic (exact) mass is 444 g/mol. The second kappa shape index (κ2) is 8.58. The first-order chi connectivity index (χ1) is 14.5. The van der Waals surface area contributed by atoms with Crippen LogP contribution in [0.3, 0.4) is 0 Å². The van der Waals surface area contributed by atoms with Gasteiger partial charge in [0.1, 0.15) is 11.6 Å². The van der Waals surface area contributed by atoms with Crippen LogP contribution in [0.25, 0.3) is 0 Å². The topological polar surface area (TPSA) is 68.3 Å². The molecule has 31 heavy (non-hydrogen) atoms. The van der Waals surface area contributed by atoms with Gasteiger partial charge in [0.2, 0.25) is 5.95 Å². The number of benzene rings is 2. The Morgan fingerprint density at radius 1 is 0.806 bits per heavy atom. The third kappa shape index (κ3) is 6.66. The van der Waals surface area contributed by atoms with Crippen molar-refractivity contribution in [1.82, 2.24) is 9.97 Å². The van der Waals surface area contributed by atoms with E-state index in [9.17, 15) is 26.3 Å². The second-order valence-corrected chi connectivity index (χ2v) is 6.08. The van der Waals surface area contributed by atoms with Gasteiger partial charge >= 0.3 is 12.7 Å². The molecule has 6 nitrogen and oxygen atoms in total. The van der Waals surface area contributed by atoms with Crippen LogP contribution < -0.4 is 20.1 Å². The van der Waals surface area contributed by atoms with Crippen LogP contribution >= 0.6 is 0 Å². The summed E-state index contributed by atoms with van der Waals surface area (Å²) in [4.78, 5) is 8.09. The molecular weight excluding hydrogens is 430 g/mol. The summed E-state index contributed by atoms with van der Waals surface area (Å²) in [6, 6.07) is 10.5. The summed E-state index contributed by atoms with van der Waals surface area (Å²) in [5.41, 5.74) is 0.876. The lowest BCUT2D eigenvalue weighted by molar-refractivity contribution is -0.275. The highest BCUT2D eigenvalue weighted by atomic mass is 19.4. The van der Waals surface area contributed by atoms with Gasteiger partial charge in [-0.05, 0) is 48.9 Å². The number of alkyl halides is 6. The fourth-order valence-electron chi connectivity index (χ4n) is 2.50. The summed E-state index contributed by atoms with van der Waals surface area (Å²) in [7, 11) is 0. The third-order valence-corrected chi connectivity index (χ3v) is 3.71. The Morgan fingerprint density at radius 3 is 2.19 bits per heavy atom. The molecule has 0 fully saturated rings. The summed E-state index contributed by atoms with van der Waals surface area (Å²) >= 11 is 0. The molecule has 0 amide bonds. The van der Waals surface area contributed by atoms with Gasteiger partial charge in [-0.15, -0.1) is 26.3 Å². The van der Waals surface area contributed by atoms with Crippen molar-refractivity contribution >= 4 is 23.1 Å². The number of nitrogens with zero attached hydrogens (tertiary/aromatic N) is 2. The molecule has 12 heteroatoms. The number of nitrogens with one attached hydrogen (secondary N) is 2. The minimum atomic E-state index is -4.87. The molecule has 0 spiro atoms. The van der Waals surface area contributed by atoms with Crippen molar-refractivity contribution in [3.8, 4) is 11.5 Å². The number of hydrogen-bond acceptors (Lipinski definition) is 6. The highest BCUT2D eigenvalue weighted by molar-refractivity contribution is 5.65. The zero-order valence-electron chi connectivity index (χ0n) is 15.7. The van der Waals surface area contributed by atoms with Crippen LogP contribution in [0.4, 0.5) is 49.5 Å². The number of hydrogen-bond donors (Lipinski definition) is 2. The molecule has 1 aromatic heterocycles. The van der Waals surface area contributed by atoms with Gasteiger partial charge in [0.05, 0.1) is 5.69 Å². The van der Waals surface area contributed by atoms with E-state index in [1.165, 1.54) is 42.6 Å². The Morgan fingerprint density at radius 2 is 1.52 bits per heavy atom. The van der Waals surface area contributed by atoms with E-state index >= 15 is 0 Å². The number of halogens is 6. The van der Waals surface area contributed by atoms with Gasteiger partial charge in [0, 0.05) is 11.9 Å². The van der Waals surface area contributed by atoms with Crippen molar-refractivity contribution in [1.29, 1.82) is 0 Å². The quantitative estimate of drug-likeness (QED) is 0.450. The summed E-state index contributed by atoms with van der Waals surface area (Å²) < 4.78 is 82.5. The SMILES string of the molecule is Cc1cc(OC(F)(F)F)ccc1Nc1ccnc(Nc2ccccc2OC(F)(F)F)n1. The molecule has 164 valence electrons. The van der Waals surface area contributed by atoms with Crippen molar-refractivity contribution < 1.29 is 35.8 Å². The number of anilines is 4. The average molecular weight is 444 g/mol. The number of ether oxygens (including phenoxy) is 2. The van der Waals surface area contributed by atoms with Gasteiger partial charge in [0.15, 0.2) is 5.75 Å². The third-order valence-electron chi connectivity index (χ3n) is 3.71. The Hall–Kier alpha value is -3.70. The van der Waals surface area contributed by atoms with E-state index in [2.05, 4.69) is 30.1 Å². The normalized spacial score (nSPS) is 11.7. The van der Waals surface area contributed by atoms with Crippen LogP contribution in [0, 0.1) is 6.92 Å². The molecule has 0 atom stereocenters. The predicted molar refractivity (Wildman–Crippen MR) is 99.6 cm³/mol. The Bertz CT molecular complexity index is 1060. The molecule has 3 rings (SSSR count). The summed E-state index contributed by atoms with van der Waals surface area (Å²) in [5.74, 6) is -0.618. The minimum Gasteiger partial charge on any atom is -0.406 e. The summed E-state index contributed by atoms with van der Waals surface area (Å²) in [6.07, 6.45) is -8.33. The van der Waals surface area contributed by atoms with Gasteiger partial charge < -0.3 is 20.1 Å². The molecule has 0 saturated heterocycles. The van der Waals surface area contributed by atoms with E-state index in [0.717, 1.165) is 12.1 Å². The highest BCUT2D eigenvalue weighted by Gasteiger charge is 2.32. The Kier molecular flexibility index (Phi) is 6.09. The molecule has 2 aromatic carbocycles. The van der Waals surface area contributed by atoms with Gasteiger partial charge in [-0.2, -0.15) is 4.98 Å². The largest absolute Gasteiger partial charge is 0.573 e. The van der Waals surface area contributed by atoms with Crippen molar-refractivity contribution in [3.63, 3.8) is 0 Å². The predicted octanol–water partition coefficient (Wildman–Crippen LogP) is 6.07. The Labute approximate surface area is 171 Å². The zero-order valence-corrected chi connectivity index (χ0v) is 15.7. The van der Waals surface area contributed by atoms with E-state index in [1.54, 1.807) is 6.92 Å². The lowest BCUT2D eigenvalue weighted by atomic mass is 10.2. The maximum Gasteiger partial charge on any atom is 0.573 e. The first-order valence-corrected chi connectivity index (χ1v) is 8.57. The maximum atomic E-state index is 12.6. The number of aryl methyl sites for hydroxylation is 1. The molecule has 1 heterocycles. The molecule has 0 aliphatic rings. The van der Waals surface area contributed by atoms with E-state index in [-0.39, 0.29) is 23.2 Å². The number of rotatable bonds is 6. The minimum absolute atomic E-state index is 0.0122. The molecule has 2 N–H and O–H groups in total. The molecule has 0 unspecified atom stereocenters. The lowest BCUT2D eigenvalue weighted by Gasteiger charge is -2.15. The van der Waals surface area contributed by atoms with Crippen LogP contribution in [0.2, 0.25) is 0 Å². The zero-order chi connectivity index (χ0) is 22.6. The first-order valence-electron chi connectivity index (χ1n) is 8.57. The standard InChI is InChI=1S/C19H14F6N4O2/c1-11-10-12(30-18(20,21)22)6-7-13(11)27-16-8-9-26-17(29-16)28-14-4-2-3-5-15(14)31-19(23,24)25/h2-10H,1H3,(H2,26,27,28,29). The molecule has 0 radical (unpaired) electrons. The van der Waals surface area contributed by atoms with Crippen LogP contribution in [0.1, 0.15) is 5.56 Å².